The number of hydrogen-bond acceptors (Lipinski definition) is 7. The first-order valence-electron chi connectivity index (χ1n) is 15.3. The third-order valence-corrected chi connectivity index (χ3v) is 7.89. The highest BCUT2D eigenvalue weighted by Gasteiger charge is 2.48. The summed E-state index contributed by atoms with van der Waals surface area (Å²) >= 11 is 0. The fourth-order valence-electron chi connectivity index (χ4n) is 5.53. The number of amides is 1. The largest absolute Gasteiger partial charge is 0.445 e. The molecule has 5 rings (SSSR count). The van der Waals surface area contributed by atoms with Crippen molar-refractivity contribution >= 4 is 6.09 Å². The predicted octanol–water partition coefficient (Wildman–Crippen LogP) is 5.51. The number of likely N-dealkylation sites (tertiary alicyclic amines) is 1. The van der Waals surface area contributed by atoms with Crippen LogP contribution < -0.4 is 0 Å². The van der Waals surface area contributed by atoms with Crippen molar-refractivity contribution in [3.05, 3.63) is 144 Å². The molecule has 0 saturated carbocycles. The molecule has 0 aromatic heterocycles. The van der Waals surface area contributed by atoms with Crippen LogP contribution in [0.3, 0.4) is 0 Å². The quantitative estimate of drug-likeness (QED) is 0.194. The fraction of sp³-hybridized carbons (Fsp3) is 0.324. The van der Waals surface area contributed by atoms with Crippen molar-refractivity contribution in [3.63, 3.8) is 0 Å². The van der Waals surface area contributed by atoms with E-state index in [-0.39, 0.29) is 26.2 Å². The van der Waals surface area contributed by atoms with Crippen molar-refractivity contribution in [2.75, 3.05) is 13.2 Å². The molecule has 0 aliphatic carbocycles. The van der Waals surface area contributed by atoms with Crippen molar-refractivity contribution in [1.29, 1.82) is 0 Å². The number of benzene rings is 4. The maximum absolute atomic E-state index is 13.8. The van der Waals surface area contributed by atoms with Crippen LogP contribution in [0.25, 0.3) is 0 Å². The lowest BCUT2D eigenvalue weighted by Gasteiger charge is -2.48. The van der Waals surface area contributed by atoms with Crippen LogP contribution in [0.15, 0.2) is 121 Å². The minimum absolute atomic E-state index is 0.0625. The monoisotopic (exact) mass is 611 g/mol. The molecule has 45 heavy (non-hydrogen) atoms. The van der Waals surface area contributed by atoms with E-state index in [0.717, 1.165) is 22.3 Å². The first kappa shape index (κ1) is 32.3. The predicted molar refractivity (Wildman–Crippen MR) is 170 cm³/mol. The van der Waals surface area contributed by atoms with E-state index in [2.05, 4.69) is 0 Å². The average molecular weight is 612 g/mol. The Morgan fingerprint density at radius 3 is 1.53 bits per heavy atom. The summed E-state index contributed by atoms with van der Waals surface area (Å²) in [5.74, 6) is 0. The van der Waals surface area contributed by atoms with Gasteiger partial charge in [0.15, 0.2) is 0 Å². The molecule has 236 valence electrons. The molecule has 0 bridgehead atoms. The molecule has 8 heteroatoms. The summed E-state index contributed by atoms with van der Waals surface area (Å²) < 4.78 is 25.5. The van der Waals surface area contributed by atoms with Crippen molar-refractivity contribution < 1.29 is 34.0 Å². The van der Waals surface area contributed by atoms with Crippen LogP contribution in [0.2, 0.25) is 0 Å². The summed E-state index contributed by atoms with van der Waals surface area (Å²) in [6.07, 6.45) is -3.48. The molecular formula is C37H41NO7. The normalized spacial score (nSPS) is 20.4. The molecule has 0 spiro atoms. The number of ether oxygens (including phenoxy) is 4. The average Bonchev–Trinajstić information content (AvgIpc) is 3.10. The third kappa shape index (κ3) is 9.47. The maximum Gasteiger partial charge on any atom is 0.410 e. The summed E-state index contributed by atoms with van der Waals surface area (Å²) in [6.45, 7) is 0.631. The molecule has 1 aliphatic heterocycles. The lowest BCUT2D eigenvalue weighted by Crippen LogP contribution is -2.65. The van der Waals surface area contributed by atoms with Gasteiger partial charge >= 0.3 is 6.09 Å². The topological polar surface area (TPSA) is 97.7 Å². The number of rotatable bonds is 14. The van der Waals surface area contributed by atoms with E-state index in [4.69, 9.17) is 18.9 Å². The summed E-state index contributed by atoms with van der Waals surface area (Å²) in [5.41, 5.74) is 3.77. The van der Waals surface area contributed by atoms with Gasteiger partial charge in [0.1, 0.15) is 24.9 Å². The summed E-state index contributed by atoms with van der Waals surface area (Å²) in [7, 11) is 0. The van der Waals surface area contributed by atoms with Gasteiger partial charge in [-0.25, -0.2) is 4.79 Å². The number of piperidine rings is 1. The number of aliphatic hydroxyl groups is 2. The zero-order valence-electron chi connectivity index (χ0n) is 25.3. The molecule has 2 N–H and O–H groups in total. The molecule has 1 heterocycles. The molecule has 8 nitrogen and oxygen atoms in total. The minimum atomic E-state index is -1.08. The number of hydrogen-bond donors (Lipinski definition) is 2. The van der Waals surface area contributed by atoms with Gasteiger partial charge in [-0.15, -0.1) is 0 Å². The van der Waals surface area contributed by atoms with E-state index in [1.807, 2.05) is 121 Å². The zero-order valence-corrected chi connectivity index (χ0v) is 25.3. The minimum Gasteiger partial charge on any atom is -0.445 e. The van der Waals surface area contributed by atoms with Crippen molar-refractivity contribution in [2.24, 2.45) is 0 Å². The van der Waals surface area contributed by atoms with E-state index in [9.17, 15) is 15.0 Å². The number of carbonyl (C=O) groups is 1. The molecule has 0 unspecified atom stereocenters. The van der Waals surface area contributed by atoms with Crippen LogP contribution >= 0.6 is 0 Å². The molecule has 1 fully saturated rings. The van der Waals surface area contributed by atoms with E-state index in [1.165, 1.54) is 0 Å². The van der Waals surface area contributed by atoms with Crippen molar-refractivity contribution in [1.82, 2.24) is 4.90 Å². The second-order valence-corrected chi connectivity index (χ2v) is 11.2. The molecule has 5 atom stereocenters. The Bertz CT molecular complexity index is 1410. The van der Waals surface area contributed by atoms with Gasteiger partial charge in [0.25, 0.3) is 0 Å². The van der Waals surface area contributed by atoms with Crippen LogP contribution in [0.1, 0.15) is 28.7 Å². The zero-order chi connectivity index (χ0) is 31.3. The lowest BCUT2D eigenvalue weighted by molar-refractivity contribution is -0.202. The van der Waals surface area contributed by atoms with E-state index < -0.39 is 43.2 Å². The van der Waals surface area contributed by atoms with E-state index >= 15 is 0 Å². The number of aliphatic hydroxyl groups excluding tert-OH is 2. The van der Waals surface area contributed by atoms with Gasteiger partial charge < -0.3 is 29.2 Å². The second kappa shape index (κ2) is 16.9. The van der Waals surface area contributed by atoms with Crippen LogP contribution in [-0.4, -0.2) is 64.8 Å². The SMILES string of the molecule is O=C(OCc1ccccc1)N1C[C@H](OCc2ccccc2)[C@H](OCc2ccccc2)[C@@H](OCc2ccccc2)[C@H]1C[C@H](O)CO. The van der Waals surface area contributed by atoms with Crippen LogP contribution in [0.4, 0.5) is 4.79 Å². The second-order valence-electron chi connectivity index (χ2n) is 11.2. The summed E-state index contributed by atoms with van der Waals surface area (Å²) in [5, 5.41) is 20.5. The molecule has 0 radical (unpaired) electrons. The lowest BCUT2D eigenvalue weighted by atomic mass is 9.89. The molecule has 1 aliphatic rings. The van der Waals surface area contributed by atoms with Gasteiger partial charge in [0.2, 0.25) is 0 Å². The highest BCUT2D eigenvalue weighted by molar-refractivity contribution is 5.68. The Labute approximate surface area is 264 Å². The van der Waals surface area contributed by atoms with E-state index in [1.54, 1.807) is 4.90 Å². The molecule has 1 saturated heterocycles. The molecule has 1 amide bonds. The van der Waals surface area contributed by atoms with Gasteiger partial charge in [-0.2, -0.15) is 0 Å². The Hall–Kier alpha value is -4.05. The fourth-order valence-corrected chi connectivity index (χ4v) is 5.53. The van der Waals surface area contributed by atoms with E-state index in [0.29, 0.717) is 13.2 Å². The third-order valence-electron chi connectivity index (χ3n) is 7.89. The summed E-state index contributed by atoms with van der Waals surface area (Å²) in [6, 6.07) is 38.2. The Morgan fingerprint density at radius 1 is 0.644 bits per heavy atom. The van der Waals surface area contributed by atoms with Gasteiger partial charge in [-0.3, -0.25) is 4.90 Å². The standard InChI is InChI=1S/C37H41NO7/c39-23-32(40)21-33-35(43-25-29-15-7-2-8-16-29)36(44-26-30-17-9-3-10-18-30)34(42-24-28-13-5-1-6-14-28)22-38(33)37(41)45-27-31-19-11-4-12-20-31/h1-20,32-36,39-40H,21-27H2/t32-,33+,34-,35-,36-/m0/s1. The highest BCUT2D eigenvalue weighted by atomic mass is 16.6. The van der Waals surface area contributed by atoms with Gasteiger partial charge in [-0.05, 0) is 28.7 Å². The summed E-state index contributed by atoms with van der Waals surface area (Å²) in [4.78, 5) is 15.3. The Kier molecular flexibility index (Phi) is 12.1. The van der Waals surface area contributed by atoms with Gasteiger partial charge in [-0.1, -0.05) is 121 Å². The van der Waals surface area contributed by atoms with Crippen LogP contribution in [0, 0.1) is 0 Å². The highest BCUT2D eigenvalue weighted by Crippen LogP contribution is 2.31. The van der Waals surface area contributed by atoms with Gasteiger partial charge in [0.05, 0.1) is 45.1 Å². The molecule has 4 aromatic rings. The van der Waals surface area contributed by atoms with Crippen molar-refractivity contribution in [2.45, 2.75) is 63.3 Å². The smallest absolute Gasteiger partial charge is 0.410 e. The van der Waals surface area contributed by atoms with Gasteiger partial charge in [0, 0.05) is 0 Å². The first-order valence-corrected chi connectivity index (χ1v) is 15.3. The number of carbonyl (C=O) groups excluding carboxylic acids is 1. The number of nitrogens with zero attached hydrogens (tertiary/aromatic N) is 1. The molecular weight excluding hydrogens is 570 g/mol. The Balaban J connectivity index is 1.46. The first-order chi connectivity index (χ1) is 22.1. The maximum atomic E-state index is 13.8. The Morgan fingerprint density at radius 2 is 1.07 bits per heavy atom. The van der Waals surface area contributed by atoms with Crippen molar-refractivity contribution in [3.8, 4) is 0 Å². The van der Waals surface area contributed by atoms with Crippen LogP contribution in [0.5, 0.6) is 0 Å². The van der Waals surface area contributed by atoms with Crippen LogP contribution in [-0.2, 0) is 45.4 Å². The molecule has 4 aromatic carbocycles.